The second-order valence-electron chi connectivity index (χ2n) is 4.34. The fourth-order valence-electron chi connectivity index (χ4n) is 1.97. The van der Waals surface area contributed by atoms with Gasteiger partial charge in [0.05, 0.1) is 0 Å². The van der Waals surface area contributed by atoms with Gasteiger partial charge in [0.15, 0.2) is 6.10 Å². The summed E-state index contributed by atoms with van der Waals surface area (Å²) in [6.45, 7) is 1.42. The van der Waals surface area contributed by atoms with E-state index >= 15 is 0 Å². The molecule has 1 fully saturated rings. The molecule has 17 heavy (non-hydrogen) atoms. The maximum atomic E-state index is 11.7. The molecule has 1 unspecified atom stereocenters. The molecule has 2 N–H and O–H groups in total. The van der Waals surface area contributed by atoms with Crippen molar-refractivity contribution in [2.45, 2.75) is 18.9 Å². The van der Waals surface area contributed by atoms with E-state index in [2.05, 4.69) is 0 Å². The van der Waals surface area contributed by atoms with Crippen LogP contribution in [0.1, 0.15) is 12.0 Å². The van der Waals surface area contributed by atoms with Crippen molar-refractivity contribution in [1.29, 1.82) is 0 Å². The molecule has 4 nitrogen and oxygen atoms in total. The predicted molar refractivity (Wildman–Crippen MR) is 65.9 cm³/mol. The molecular formula is C13H18N2O2. The topological polar surface area (TPSA) is 55.6 Å². The average molecular weight is 234 g/mol. The van der Waals surface area contributed by atoms with Gasteiger partial charge in [-0.15, -0.1) is 0 Å². The normalized spacial score (nSPS) is 19.8. The van der Waals surface area contributed by atoms with E-state index in [1.807, 2.05) is 24.3 Å². The average Bonchev–Trinajstić information content (AvgIpc) is 2.64. The van der Waals surface area contributed by atoms with Crippen molar-refractivity contribution in [1.82, 2.24) is 4.90 Å². The van der Waals surface area contributed by atoms with E-state index in [4.69, 9.17) is 10.5 Å². The maximum absolute atomic E-state index is 11.7. The van der Waals surface area contributed by atoms with Gasteiger partial charge in [-0.2, -0.15) is 0 Å². The summed E-state index contributed by atoms with van der Waals surface area (Å²) in [6, 6.07) is 7.78. The number of benzene rings is 1. The molecule has 1 atom stereocenters. The third-order valence-corrected chi connectivity index (χ3v) is 3.01. The Bertz CT molecular complexity index is 389. The Morgan fingerprint density at radius 2 is 2.12 bits per heavy atom. The lowest BCUT2D eigenvalue weighted by molar-refractivity contribution is -0.132. The first-order valence-corrected chi connectivity index (χ1v) is 5.91. The molecule has 1 amide bonds. The fourth-order valence-corrected chi connectivity index (χ4v) is 1.97. The number of carbonyl (C=O) groups excluding carboxylic acids is 1. The highest BCUT2D eigenvalue weighted by Gasteiger charge is 2.30. The first kappa shape index (κ1) is 11.9. The zero-order chi connectivity index (χ0) is 12.3. The summed E-state index contributed by atoms with van der Waals surface area (Å²) < 4.78 is 5.67. The molecule has 0 aliphatic carbocycles. The molecule has 0 aromatic heterocycles. The second kappa shape index (κ2) is 5.19. The summed E-state index contributed by atoms with van der Waals surface area (Å²) >= 11 is 0. The summed E-state index contributed by atoms with van der Waals surface area (Å²) in [6.07, 6.45) is 1.31. The minimum atomic E-state index is -0.319. The summed E-state index contributed by atoms with van der Waals surface area (Å²) in [4.78, 5) is 13.4. The van der Waals surface area contributed by atoms with Crippen LogP contribution >= 0.6 is 0 Å². The Balaban J connectivity index is 1.97. The third kappa shape index (κ3) is 2.77. The standard InChI is InChI=1S/C13H18N2O2/c1-15-9-7-12(13(15)16)17-11-4-2-10(3-5-11)6-8-14/h2-5,12H,6-9,14H2,1H3. The fraction of sp³-hybridized carbons (Fsp3) is 0.462. The molecular weight excluding hydrogens is 216 g/mol. The molecule has 2 rings (SSSR count). The van der Waals surface area contributed by atoms with Gasteiger partial charge in [-0.3, -0.25) is 4.79 Å². The number of carbonyl (C=O) groups is 1. The second-order valence-corrected chi connectivity index (χ2v) is 4.34. The number of hydrogen-bond donors (Lipinski definition) is 1. The van der Waals surface area contributed by atoms with Crippen molar-refractivity contribution in [3.8, 4) is 5.75 Å². The molecule has 0 radical (unpaired) electrons. The number of nitrogens with zero attached hydrogens (tertiary/aromatic N) is 1. The Hall–Kier alpha value is -1.55. The minimum Gasteiger partial charge on any atom is -0.481 e. The van der Waals surface area contributed by atoms with Crippen LogP contribution in [0.2, 0.25) is 0 Å². The van der Waals surface area contributed by atoms with E-state index in [0.29, 0.717) is 6.54 Å². The summed E-state index contributed by atoms with van der Waals surface area (Å²) in [5.74, 6) is 0.815. The maximum Gasteiger partial charge on any atom is 0.263 e. The molecule has 92 valence electrons. The van der Waals surface area contributed by atoms with Gasteiger partial charge in [-0.05, 0) is 30.7 Å². The van der Waals surface area contributed by atoms with Crippen LogP contribution in [0, 0.1) is 0 Å². The van der Waals surface area contributed by atoms with E-state index in [9.17, 15) is 4.79 Å². The van der Waals surface area contributed by atoms with Crippen LogP contribution in [-0.4, -0.2) is 37.0 Å². The van der Waals surface area contributed by atoms with Gasteiger partial charge in [0.1, 0.15) is 5.75 Å². The van der Waals surface area contributed by atoms with Crippen LogP contribution in [0.15, 0.2) is 24.3 Å². The first-order valence-electron chi connectivity index (χ1n) is 5.91. The molecule has 1 aliphatic heterocycles. The van der Waals surface area contributed by atoms with Crippen LogP contribution in [0.4, 0.5) is 0 Å². The van der Waals surface area contributed by atoms with Crippen LogP contribution in [-0.2, 0) is 11.2 Å². The molecule has 1 aromatic rings. The first-order chi connectivity index (χ1) is 8.20. The molecule has 4 heteroatoms. The zero-order valence-corrected chi connectivity index (χ0v) is 10.1. The number of ether oxygens (including phenoxy) is 1. The molecule has 1 aliphatic rings. The SMILES string of the molecule is CN1CCC(Oc2ccc(CCN)cc2)C1=O. The van der Waals surface area contributed by atoms with Gasteiger partial charge < -0.3 is 15.4 Å². The van der Waals surface area contributed by atoms with Crippen molar-refractivity contribution in [2.75, 3.05) is 20.1 Å². The van der Waals surface area contributed by atoms with Gasteiger partial charge in [0.2, 0.25) is 0 Å². The van der Waals surface area contributed by atoms with Crippen molar-refractivity contribution < 1.29 is 9.53 Å². The summed E-state index contributed by atoms with van der Waals surface area (Å²) in [5.41, 5.74) is 6.67. The van der Waals surface area contributed by atoms with Crippen molar-refractivity contribution in [3.05, 3.63) is 29.8 Å². The van der Waals surface area contributed by atoms with Crippen LogP contribution < -0.4 is 10.5 Å². The Kier molecular flexibility index (Phi) is 3.64. The van der Waals surface area contributed by atoms with Crippen molar-refractivity contribution in [3.63, 3.8) is 0 Å². The number of likely N-dealkylation sites (N-methyl/N-ethyl adjacent to an activating group) is 1. The number of hydrogen-bond acceptors (Lipinski definition) is 3. The molecule has 1 aromatic carbocycles. The third-order valence-electron chi connectivity index (χ3n) is 3.01. The highest BCUT2D eigenvalue weighted by molar-refractivity contribution is 5.83. The molecule has 0 spiro atoms. The highest BCUT2D eigenvalue weighted by atomic mass is 16.5. The van der Waals surface area contributed by atoms with Gasteiger partial charge in [-0.1, -0.05) is 12.1 Å². The van der Waals surface area contributed by atoms with Gasteiger partial charge >= 0.3 is 0 Å². The Morgan fingerprint density at radius 1 is 1.41 bits per heavy atom. The van der Waals surface area contributed by atoms with E-state index in [1.54, 1.807) is 11.9 Å². The molecule has 1 heterocycles. The number of likely N-dealkylation sites (tertiary alicyclic amines) is 1. The monoisotopic (exact) mass is 234 g/mol. The Morgan fingerprint density at radius 3 is 2.65 bits per heavy atom. The number of nitrogens with two attached hydrogens (primary N) is 1. The molecule has 0 saturated carbocycles. The Labute approximate surface area is 101 Å². The van der Waals surface area contributed by atoms with Crippen molar-refractivity contribution in [2.24, 2.45) is 5.73 Å². The lowest BCUT2D eigenvalue weighted by Crippen LogP contribution is -2.29. The minimum absolute atomic E-state index is 0.0658. The van der Waals surface area contributed by atoms with E-state index in [0.717, 1.165) is 25.1 Å². The summed E-state index contributed by atoms with van der Waals surface area (Å²) in [5, 5.41) is 0. The molecule has 1 saturated heterocycles. The van der Waals surface area contributed by atoms with Gasteiger partial charge in [-0.25, -0.2) is 0 Å². The smallest absolute Gasteiger partial charge is 0.263 e. The number of rotatable bonds is 4. The summed E-state index contributed by atoms with van der Waals surface area (Å²) in [7, 11) is 1.80. The van der Waals surface area contributed by atoms with Crippen LogP contribution in [0.5, 0.6) is 5.75 Å². The van der Waals surface area contributed by atoms with Crippen molar-refractivity contribution >= 4 is 5.91 Å². The van der Waals surface area contributed by atoms with Crippen LogP contribution in [0.25, 0.3) is 0 Å². The molecule has 0 bridgehead atoms. The zero-order valence-electron chi connectivity index (χ0n) is 10.1. The van der Waals surface area contributed by atoms with E-state index in [1.165, 1.54) is 5.56 Å². The lowest BCUT2D eigenvalue weighted by atomic mass is 10.1. The quantitative estimate of drug-likeness (QED) is 0.838. The largest absolute Gasteiger partial charge is 0.481 e. The number of amides is 1. The predicted octanol–water partition coefficient (Wildman–Crippen LogP) is 0.797. The van der Waals surface area contributed by atoms with Crippen LogP contribution in [0.3, 0.4) is 0 Å². The van der Waals surface area contributed by atoms with Gasteiger partial charge in [0, 0.05) is 20.0 Å². The lowest BCUT2D eigenvalue weighted by Gasteiger charge is -2.13. The van der Waals surface area contributed by atoms with E-state index < -0.39 is 0 Å². The van der Waals surface area contributed by atoms with E-state index in [-0.39, 0.29) is 12.0 Å². The van der Waals surface area contributed by atoms with Gasteiger partial charge in [0.25, 0.3) is 5.91 Å². The highest BCUT2D eigenvalue weighted by Crippen LogP contribution is 2.19.